The van der Waals surface area contributed by atoms with Gasteiger partial charge in [-0.05, 0) is 20.8 Å². The summed E-state index contributed by atoms with van der Waals surface area (Å²) in [7, 11) is 0. The lowest BCUT2D eigenvalue weighted by atomic mass is 9.96. The van der Waals surface area contributed by atoms with Crippen molar-refractivity contribution >= 4 is 11.9 Å². The molecule has 0 fully saturated rings. The predicted molar refractivity (Wildman–Crippen MR) is 51.8 cm³/mol. The van der Waals surface area contributed by atoms with Crippen LogP contribution in [-0.2, 0) is 14.3 Å². The van der Waals surface area contributed by atoms with Gasteiger partial charge in [0.2, 0.25) is 0 Å². The lowest BCUT2D eigenvalue weighted by molar-refractivity contribution is -0.165. The Morgan fingerprint density at radius 1 is 1.14 bits per heavy atom. The summed E-state index contributed by atoms with van der Waals surface area (Å²) in [5, 5.41) is 8.69. The molecule has 0 saturated heterocycles. The van der Waals surface area contributed by atoms with Gasteiger partial charge in [0.05, 0.1) is 11.8 Å². The molecule has 2 atom stereocenters. The van der Waals surface area contributed by atoms with Crippen molar-refractivity contribution in [3.05, 3.63) is 0 Å². The molecular weight excluding hydrogens is 184 g/mol. The molecule has 0 aromatic heterocycles. The Morgan fingerprint density at radius 2 is 1.57 bits per heavy atom. The fraction of sp³-hybridized carbons (Fsp3) is 0.800. The second kappa shape index (κ2) is 4.44. The topological polar surface area (TPSA) is 63.6 Å². The molecule has 0 aliphatic heterocycles. The van der Waals surface area contributed by atoms with Crippen LogP contribution < -0.4 is 0 Å². The van der Waals surface area contributed by atoms with Crippen molar-refractivity contribution in [3.63, 3.8) is 0 Å². The number of carbonyl (C=O) groups excluding carboxylic acids is 1. The highest BCUT2D eigenvalue weighted by Crippen LogP contribution is 2.17. The van der Waals surface area contributed by atoms with Crippen molar-refractivity contribution in [1.82, 2.24) is 0 Å². The van der Waals surface area contributed by atoms with E-state index < -0.39 is 29.4 Å². The molecule has 0 radical (unpaired) electrons. The smallest absolute Gasteiger partial charge is 0.310 e. The molecule has 14 heavy (non-hydrogen) atoms. The van der Waals surface area contributed by atoms with Crippen LogP contribution in [0.1, 0.15) is 34.6 Å². The maximum Gasteiger partial charge on any atom is 0.310 e. The third-order valence-corrected chi connectivity index (χ3v) is 1.92. The highest BCUT2D eigenvalue weighted by Gasteiger charge is 2.29. The van der Waals surface area contributed by atoms with E-state index in [9.17, 15) is 9.59 Å². The van der Waals surface area contributed by atoms with Crippen LogP contribution in [0, 0.1) is 11.8 Å². The first-order valence-electron chi connectivity index (χ1n) is 4.61. The average molecular weight is 202 g/mol. The van der Waals surface area contributed by atoms with E-state index in [0.717, 1.165) is 0 Å². The van der Waals surface area contributed by atoms with E-state index in [4.69, 9.17) is 9.84 Å². The zero-order chi connectivity index (χ0) is 11.5. The number of carboxylic acids is 1. The van der Waals surface area contributed by atoms with Crippen LogP contribution >= 0.6 is 0 Å². The van der Waals surface area contributed by atoms with Crippen molar-refractivity contribution < 1.29 is 19.4 Å². The number of rotatable bonds is 3. The van der Waals surface area contributed by atoms with Crippen LogP contribution in [0.25, 0.3) is 0 Å². The van der Waals surface area contributed by atoms with Gasteiger partial charge in [-0.3, -0.25) is 9.59 Å². The minimum absolute atomic E-state index is 0.465. The molecule has 0 aromatic rings. The molecule has 4 nitrogen and oxygen atoms in total. The molecule has 0 amide bonds. The van der Waals surface area contributed by atoms with E-state index in [-0.39, 0.29) is 0 Å². The van der Waals surface area contributed by atoms with E-state index in [2.05, 4.69) is 0 Å². The maximum absolute atomic E-state index is 11.4. The molecule has 82 valence electrons. The minimum Gasteiger partial charge on any atom is -0.481 e. The highest BCUT2D eigenvalue weighted by atomic mass is 16.6. The Kier molecular flexibility index (Phi) is 4.10. The monoisotopic (exact) mass is 202 g/mol. The van der Waals surface area contributed by atoms with E-state index in [1.165, 1.54) is 6.92 Å². The zero-order valence-corrected chi connectivity index (χ0v) is 9.33. The van der Waals surface area contributed by atoms with Gasteiger partial charge in [-0.2, -0.15) is 0 Å². The molecule has 0 aliphatic rings. The summed E-state index contributed by atoms with van der Waals surface area (Å²) in [6, 6.07) is 0. The van der Waals surface area contributed by atoms with E-state index in [1.807, 2.05) is 0 Å². The highest BCUT2D eigenvalue weighted by molar-refractivity contribution is 5.80. The van der Waals surface area contributed by atoms with Crippen LogP contribution in [0.15, 0.2) is 0 Å². The molecule has 4 heteroatoms. The third kappa shape index (κ3) is 4.25. The van der Waals surface area contributed by atoms with Crippen LogP contribution in [0.2, 0.25) is 0 Å². The van der Waals surface area contributed by atoms with Crippen molar-refractivity contribution in [1.29, 1.82) is 0 Å². The summed E-state index contributed by atoms with van der Waals surface area (Å²) in [5.74, 6) is -2.78. The van der Waals surface area contributed by atoms with E-state index in [0.29, 0.717) is 0 Å². The van der Waals surface area contributed by atoms with Gasteiger partial charge < -0.3 is 9.84 Å². The van der Waals surface area contributed by atoms with Gasteiger partial charge in [0.25, 0.3) is 0 Å². The summed E-state index contributed by atoms with van der Waals surface area (Å²) >= 11 is 0. The molecule has 0 saturated carbocycles. The first-order chi connectivity index (χ1) is 6.15. The fourth-order valence-corrected chi connectivity index (χ4v) is 0.813. The van der Waals surface area contributed by atoms with Crippen molar-refractivity contribution in [2.45, 2.75) is 40.2 Å². The molecule has 0 aromatic carbocycles. The summed E-state index contributed by atoms with van der Waals surface area (Å²) in [5.41, 5.74) is -0.566. The first-order valence-corrected chi connectivity index (χ1v) is 4.61. The minimum atomic E-state index is -0.983. The number of hydrogen-bond acceptors (Lipinski definition) is 3. The Morgan fingerprint density at radius 3 is 1.86 bits per heavy atom. The van der Waals surface area contributed by atoms with E-state index >= 15 is 0 Å². The molecule has 0 heterocycles. The zero-order valence-electron chi connectivity index (χ0n) is 9.33. The Labute approximate surface area is 84.3 Å². The van der Waals surface area contributed by atoms with Crippen LogP contribution in [0.5, 0.6) is 0 Å². The second-order valence-corrected chi connectivity index (χ2v) is 4.45. The van der Waals surface area contributed by atoms with Crippen LogP contribution in [0.3, 0.4) is 0 Å². The molecule has 0 rings (SSSR count). The van der Waals surface area contributed by atoms with Gasteiger partial charge in [-0.1, -0.05) is 13.8 Å². The second-order valence-electron chi connectivity index (χ2n) is 4.45. The largest absolute Gasteiger partial charge is 0.481 e. The number of carboxylic acid groups (broad SMARTS) is 1. The number of ether oxygens (including phenoxy) is 1. The van der Waals surface area contributed by atoms with Gasteiger partial charge in [0.15, 0.2) is 0 Å². The SMILES string of the molecule is CC(C(=O)OC(C)(C)C)[C@@H](C)C(=O)O. The lowest BCUT2D eigenvalue weighted by Crippen LogP contribution is -2.32. The summed E-state index contributed by atoms with van der Waals surface area (Å²) in [6.45, 7) is 8.32. The number of esters is 1. The standard InChI is InChI=1S/C10H18O4/c1-6(8(11)12)7(2)9(13)14-10(3,4)5/h6-7H,1-5H3,(H,11,12)/t6-,7?/m1/s1. The predicted octanol–water partition coefficient (Wildman–Crippen LogP) is 1.68. The number of hydrogen-bond donors (Lipinski definition) is 1. The molecule has 1 N–H and O–H groups in total. The molecule has 1 unspecified atom stereocenters. The Bertz CT molecular complexity index is 227. The fourth-order valence-electron chi connectivity index (χ4n) is 0.813. The van der Waals surface area contributed by atoms with Gasteiger partial charge in [-0.25, -0.2) is 0 Å². The maximum atomic E-state index is 11.4. The Balaban J connectivity index is 4.33. The normalized spacial score (nSPS) is 15.8. The summed E-state index contributed by atoms with van der Waals surface area (Å²) in [6.07, 6.45) is 0. The number of carbonyl (C=O) groups is 2. The van der Waals surface area contributed by atoms with Gasteiger partial charge in [-0.15, -0.1) is 0 Å². The third-order valence-electron chi connectivity index (χ3n) is 1.92. The van der Waals surface area contributed by atoms with Gasteiger partial charge >= 0.3 is 11.9 Å². The molecular formula is C10H18O4. The van der Waals surface area contributed by atoms with Crippen molar-refractivity contribution in [3.8, 4) is 0 Å². The molecule has 0 spiro atoms. The van der Waals surface area contributed by atoms with Crippen molar-refractivity contribution in [2.75, 3.05) is 0 Å². The summed E-state index contributed by atoms with van der Waals surface area (Å²) in [4.78, 5) is 22.0. The van der Waals surface area contributed by atoms with Crippen molar-refractivity contribution in [2.24, 2.45) is 11.8 Å². The quantitative estimate of drug-likeness (QED) is 0.707. The van der Waals surface area contributed by atoms with Crippen LogP contribution in [-0.4, -0.2) is 22.6 Å². The number of aliphatic carboxylic acids is 1. The van der Waals surface area contributed by atoms with Gasteiger partial charge in [0.1, 0.15) is 5.60 Å². The lowest BCUT2D eigenvalue weighted by Gasteiger charge is -2.23. The summed E-state index contributed by atoms with van der Waals surface area (Å²) < 4.78 is 5.07. The Hall–Kier alpha value is -1.06. The van der Waals surface area contributed by atoms with E-state index in [1.54, 1.807) is 27.7 Å². The van der Waals surface area contributed by atoms with Gasteiger partial charge in [0, 0.05) is 0 Å². The van der Waals surface area contributed by atoms with Crippen LogP contribution in [0.4, 0.5) is 0 Å². The average Bonchev–Trinajstić information content (AvgIpc) is 1.98. The molecule has 0 aliphatic carbocycles. The first kappa shape index (κ1) is 12.9. The molecule has 0 bridgehead atoms.